The SMILES string of the molecule is Cc1ccc2c(c1)C1(C(=O)N2)C(C(=O)O)=C(N)OC2=C1C(=O)CC(C)(C)C2. The number of carboxylic acids is 1. The molecule has 1 unspecified atom stereocenters. The number of anilines is 1. The zero-order chi connectivity index (χ0) is 19.7. The number of carbonyl (C=O) groups excluding carboxylic acids is 2. The van der Waals surface area contributed by atoms with Crippen LogP contribution >= 0.6 is 0 Å². The molecule has 2 heterocycles. The van der Waals surface area contributed by atoms with Crippen LogP contribution in [0, 0.1) is 12.3 Å². The molecule has 1 amide bonds. The van der Waals surface area contributed by atoms with E-state index in [0.29, 0.717) is 17.7 Å². The number of amides is 1. The second-order valence-corrected chi connectivity index (χ2v) is 8.14. The molecule has 140 valence electrons. The number of nitrogens with one attached hydrogen (secondary N) is 1. The van der Waals surface area contributed by atoms with Crippen molar-refractivity contribution in [3.63, 3.8) is 0 Å². The summed E-state index contributed by atoms with van der Waals surface area (Å²) in [5.74, 6) is -2.34. The topological polar surface area (TPSA) is 119 Å². The fraction of sp³-hybridized carbons (Fsp3) is 0.350. The molecular weight excluding hydrogens is 348 g/mol. The number of carboxylic acid groups (broad SMARTS) is 1. The van der Waals surface area contributed by atoms with Crippen LogP contribution in [0.3, 0.4) is 0 Å². The third kappa shape index (κ3) is 2.17. The third-order valence-corrected chi connectivity index (χ3v) is 5.45. The van der Waals surface area contributed by atoms with Gasteiger partial charge in [0.15, 0.2) is 5.78 Å². The molecule has 7 nitrogen and oxygen atoms in total. The van der Waals surface area contributed by atoms with E-state index in [2.05, 4.69) is 5.32 Å². The lowest BCUT2D eigenvalue weighted by Gasteiger charge is -2.41. The maximum absolute atomic E-state index is 13.2. The molecule has 3 aliphatic rings. The van der Waals surface area contributed by atoms with Gasteiger partial charge in [-0.05, 0) is 18.4 Å². The summed E-state index contributed by atoms with van der Waals surface area (Å²) in [6.07, 6.45) is 0.579. The largest absolute Gasteiger partial charge is 0.478 e. The van der Waals surface area contributed by atoms with E-state index in [1.807, 2.05) is 26.8 Å². The van der Waals surface area contributed by atoms with Crippen molar-refractivity contribution >= 4 is 23.3 Å². The normalized spacial score (nSPS) is 25.9. The smallest absolute Gasteiger partial charge is 0.338 e. The van der Waals surface area contributed by atoms with Gasteiger partial charge in [0.1, 0.15) is 16.7 Å². The van der Waals surface area contributed by atoms with Gasteiger partial charge in [0.2, 0.25) is 11.8 Å². The van der Waals surface area contributed by atoms with Gasteiger partial charge in [-0.25, -0.2) is 4.79 Å². The predicted octanol–water partition coefficient (Wildman–Crippen LogP) is 2.11. The van der Waals surface area contributed by atoms with Crippen molar-refractivity contribution in [2.24, 2.45) is 11.1 Å². The van der Waals surface area contributed by atoms with Gasteiger partial charge in [0.05, 0.1) is 5.57 Å². The number of ketones is 1. The second kappa shape index (κ2) is 5.22. The maximum atomic E-state index is 13.2. The molecule has 4 N–H and O–H groups in total. The number of carbonyl (C=O) groups is 3. The average Bonchev–Trinajstić information content (AvgIpc) is 2.78. The van der Waals surface area contributed by atoms with E-state index >= 15 is 0 Å². The van der Waals surface area contributed by atoms with Gasteiger partial charge in [-0.3, -0.25) is 9.59 Å². The zero-order valence-electron chi connectivity index (χ0n) is 15.3. The number of aliphatic carboxylic acids is 1. The first kappa shape index (κ1) is 17.3. The molecule has 7 heteroatoms. The monoisotopic (exact) mass is 368 g/mol. The summed E-state index contributed by atoms with van der Waals surface area (Å²) in [4.78, 5) is 38.5. The summed E-state index contributed by atoms with van der Waals surface area (Å²) in [6.45, 7) is 5.68. The van der Waals surface area contributed by atoms with Crippen LogP contribution in [-0.2, 0) is 24.5 Å². The molecule has 2 aliphatic heterocycles. The number of hydrogen-bond donors (Lipinski definition) is 3. The molecule has 1 aromatic carbocycles. The van der Waals surface area contributed by atoms with Gasteiger partial charge in [-0.1, -0.05) is 31.5 Å². The second-order valence-electron chi connectivity index (χ2n) is 8.14. The minimum Gasteiger partial charge on any atom is -0.478 e. The number of rotatable bonds is 1. The van der Waals surface area contributed by atoms with Crippen LogP contribution in [0.5, 0.6) is 0 Å². The Morgan fingerprint density at radius 2 is 1.96 bits per heavy atom. The number of ether oxygens (including phenoxy) is 1. The van der Waals surface area contributed by atoms with Gasteiger partial charge in [-0.15, -0.1) is 0 Å². The lowest BCUT2D eigenvalue weighted by molar-refractivity contribution is -0.136. The minimum absolute atomic E-state index is 0.0928. The predicted molar refractivity (Wildman–Crippen MR) is 96.5 cm³/mol. The molecule has 4 rings (SSSR count). The molecule has 27 heavy (non-hydrogen) atoms. The lowest BCUT2D eigenvalue weighted by atomic mass is 9.62. The van der Waals surface area contributed by atoms with Crippen LogP contribution in [0.4, 0.5) is 5.69 Å². The molecular formula is C20H20N2O5. The Hall–Kier alpha value is -3.09. The molecule has 0 radical (unpaired) electrons. The summed E-state index contributed by atoms with van der Waals surface area (Å²) in [6, 6.07) is 5.25. The Morgan fingerprint density at radius 3 is 2.63 bits per heavy atom. The average molecular weight is 368 g/mol. The molecule has 0 aromatic heterocycles. The van der Waals surface area contributed by atoms with E-state index in [9.17, 15) is 19.5 Å². The first-order valence-corrected chi connectivity index (χ1v) is 8.69. The summed E-state index contributed by atoms with van der Waals surface area (Å²) in [7, 11) is 0. The molecule has 1 atom stereocenters. The fourth-order valence-electron chi connectivity index (χ4n) is 4.44. The highest BCUT2D eigenvalue weighted by atomic mass is 16.5. The molecule has 1 aliphatic carbocycles. The van der Waals surface area contributed by atoms with Crippen molar-refractivity contribution in [1.82, 2.24) is 0 Å². The summed E-state index contributed by atoms with van der Waals surface area (Å²) in [5, 5.41) is 12.6. The lowest BCUT2D eigenvalue weighted by Crippen LogP contribution is -2.50. The van der Waals surface area contributed by atoms with Crippen molar-refractivity contribution in [3.8, 4) is 0 Å². The van der Waals surface area contributed by atoms with E-state index < -0.39 is 22.9 Å². The quantitative estimate of drug-likeness (QED) is 0.699. The van der Waals surface area contributed by atoms with Crippen molar-refractivity contribution in [3.05, 3.63) is 52.1 Å². The van der Waals surface area contributed by atoms with Crippen LogP contribution in [0.2, 0.25) is 0 Å². The number of Topliss-reactive ketones (excluding diaryl/α,β-unsaturated/α-hetero) is 1. The summed E-state index contributed by atoms with van der Waals surface area (Å²) < 4.78 is 5.61. The molecule has 0 saturated heterocycles. The van der Waals surface area contributed by atoms with E-state index in [1.54, 1.807) is 12.1 Å². The van der Waals surface area contributed by atoms with E-state index in [4.69, 9.17) is 10.5 Å². The Bertz CT molecular complexity index is 1000. The van der Waals surface area contributed by atoms with Crippen LogP contribution in [0.15, 0.2) is 41.0 Å². The first-order chi connectivity index (χ1) is 12.6. The van der Waals surface area contributed by atoms with Crippen LogP contribution in [-0.4, -0.2) is 22.8 Å². The zero-order valence-corrected chi connectivity index (χ0v) is 15.3. The highest BCUT2D eigenvalue weighted by Crippen LogP contribution is 2.56. The maximum Gasteiger partial charge on any atom is 0.338 e. The highest BCUT2D eigenvalue weighted by molar-refractivity contribution is 6.22. The number of fused-ring (bicyclic) bond motifs is 3. The van der Waals surface area contributed by atoms with Gasteiger partial charge in [-0.2, -0.15) is 0 Å². The van der Waals surface area contributed by atoms with E-state index in [0.717, 1.165) is 5.56 Å². The van der Waals surface area contributed by atoms with E-state index in [1.165, 1.54) is 0 Å². The van der Waals surface area contributed by atoms with Crippen molar-refractivity contribution < 1.29 is 24.2 Å². The van der Waals surface area contributed by atoms with Gasteiger partial charge in [0, 0.05) is 24.1 Å². The highest BCUT2D eigenvalue weighted by Gasteiger charge is 2.62. The minimum atomic E-state index is -1.79. The summed E-state index contributed by atoms with van der Waals surface area (Å²) in [5.41, 5.74) is 5.25. The number of aryl methyl sites for hydroxylation is 1. The third-order valence-electron chi connectivity index (χ3n) is 5.45. The van der Waals surface area contributed by atoms with Gasteiger partial charge in [0.25, 0.3) is 0 Å². The van der Waals surface area contributed by atoms with Gasteiger partial charge < -0.3 is 20.9 Å². The van der Waals surface area contributed by atoms with Crippen LogP contribution < -0.4 is 11.1 Å². The van der Waals surface area contributed by atoms with Crippen LogP contribution in [0.25, 0.3) is 0 Å². The standard InChI is InChI=1S/C20H20N2O5/c1-9-4-5-11-10(6-9)20(18(26)22-11)14-12(23)7-19(2,3)8-13(14)27-16(21)15(20)17(24)25/h4-6H,7-8,21H2,1-3H3,(H,22,26)(H,24,25). The first-order valence-electron chi connectivity index (χ1n) is 8.69. The van der Waals surface area contributed by atoms with Gasteiger partial charge >= 0.3 is 5.97 Å². The Kier molecular flexibility index (Phi) is 3.35. The number of nitrogens with two attached hydrogens (primary N) is 1. The van der Waals surface area contributed by atoms with Crippen molar-refractivity contribution in [1.29, 1.82) is 0 Å². The van der Waals surface area contributed by atoms with Crippen LogP contribution in [0.1, 0.15) is 37.8 Å². The molecule has 0 bridgehead atoms. The van der Waals surface area contributed by atoms with E-state index in [-0.39, 0.29) is 34.8 Å². The van der Waals surface area contributed by atoms with Crippen molar-refractivity contribution in [2.45, 2.75) is 39.0 Å². The molecule has 1 spiro atoms. The number of allylic oxidation sites excluding steroid dienone is 1. The molecule has 1 aromatic rings. The van der Waals surface area contributed by atoms with Crippen molar-refractivity contribution in [2.75, 3.05) is 5.32 Å². The number of benzene rings is 1. The molecule has 0 saturated carbocycles. The number of hydrogen-bond acceptors (Lipinski definition) is 5. The Labute approximate surface area is 155 Å². The molecule has 0 fully saturated rings. The Balaban J connectivity index is 2.12. The fourth-order valence-corrected chi connectivity index (χ4v) is 4.44. The summed E-state index contributed by atoms with van der Waals surface area (Å²) >= 11 is 0. The Morgan fingerprint density at radius 1 is 1.26 bits per heavy atom.